The lowest BCUT2D eigenvalue weighted by Gasteiger charge is -2.40. The summed E-state index contributed by atoms with van der Waals surface area (Å²) in [5.41, 5.74) is 0.513. The van der Waals surface area contributed by atoms with Gasteiger partial charge in [0.2, 0.25) is 5.91 Å². The molecule has 3 unspecified atom stereocenters. The quantitative estimate of drug-likeness (QED) is 0.663. The Labute approximate surface area is 167 Å². The first-order chi connectivity index (χ1) is 12.5. The first-order valence-electron chi connectivity index (χ1n) is 9.45. The largest absolute Gasteiger partial charge is 0.417 e. The van der Waals surface area contributed by atoms with Crippen molar-refractivity contribution in [1.29, 1.82) is 0 Å². The Morgan fingerprint density at radius 3 is 2.63 bits per heavy atom. The second-order valence-corrected chi connectivity index (χ2v) is 14.1. The lowest BCUT2D eigenvalue weighted by molar-refractivity contribution is -0.127. The standard InChI is InChI=1S/C20H31ClFNO3Si/c1-20(2,3)27(4,5)26-9-8-13-10-18(25)23-19(16(13)12-24)15-11-14(22)6-7-17(15)21/h6-7,11,13,16,19,24H,8-10,12H2,1-5H3,(H,23,25). The van der Waals surface area contributed by atoms with Crippen molar-refractivity contribution >= 4 is 25.8 Å². The fraction of sp³-hybridized carbons (Fsp3) is 0.650. The van der Waals surface area contributed by atoms with Crippen LogP contribution in [0.4, 0.5) is 4.39 Å². The third-order valence-corrected chi connectivity index (χ3v) is 10.9. The van der Waals surface area contributed by atoms with E-state index in [4.69, 9.17) is 16.0 Å². The maximum atomic E-state index is 13.7. The van der Waals surface area contributed by atoms with E-state index >= 15 is 0 Å². The third-order valence-electron chi connectivity index (χ3n) is 6.06. The molecule has 2 N–H and O–H groups in total. The Hall–Kier alpha value is -0.953. The van der Waals surface area contributed by atoms with Gasteiger partial charge >= 0.3 is 0 Å². The molecule has 0 saturated carbocycles. The van der Waals surface area contributed by atoms with Crippen molar-refractivity contribution < 1.29 is 18.7 Å². The molecule has 1 fully saturated rings. The number of amides is 1. The van der Waals surface area contributed by atoms with Crippen LogP contribution < -0.4 is 5.32 Å². The van der Waals surface area contributed by atoms with Crippen LogP contribution in [0.25, 0.3) is 0 Å². The van der Waals surface area contributed by atoms with E-state index in [1.54, 1.807) is 0 Å². The zero-order valence-electron chi connectivity index (χ0n) is 16.8. The highest BCUT2D eigenvalue weighted by atomic mass is 35.5. The molecule has 0 radical (unpaired) electrons. The minimum absolute atomic E-state index is 0.0437. The smallest absolute Gasteiger partial charge is 0.220 e. The highest BCUT2D eigenvalue weighted by molar-refractivity contribution is 6.74. The maximum absolute atomic E-state index is 13.7. The number of halogens is 2. The SMILES string of the molecule is CC(C)(C)[Si](C)(C)OCCC1CC(=O)NC(c2cc(F)ccc2Cl)C1CO. The molecule has 2 rings (SSSR count). The minimum atomic E-state index is -1.87. The van der Waals surface area contributed by atoms with E-state index in [0.29, 0.717) is 30.0 Å². The summed E-state index contributed by atoms with van der Waals surface area (Å²) in [6.45, 7) is 11.4. The molecular formula is C20H31ClFNO3Si. The highest BCUT2D eigenvalue weighted by Crippen LogP contribution is 2.40. The van der Waals surface area contributed by atoms with Gasteiger partial charge in [0, 0.05) is 30.6 Å². The number of hydrogen-bond acceptors (Lipinski definition) is 3. The summed E-state index contributed by atoms with van der Waals surface area (Å²) < 4.78 is 20.0. The molecule has 27 heavy (non-hydrogen) atoms. The molecule has 4 nitrogen and oxygen atoms in total. The summed E-state index contributed by atoms with van der Waals surface area (Å²) in [6, 6.07) is 3.61. The van der Waals surface area contributed by atoms with Gasteiger partial charge in [0.05, 0.1) is 6.04 Å². The van der Waals surface area contributed by atoms with Gasteiger partial charge in [-0.3, -0.25) is 4.79 Å². The monoisotopic (exact) mass is 415 g/mol. The van der Waals surface area contributed by atoms with Gasteiger partial charge in [-0.05, 0) is 54.2 Å². The normalized spacial score (nSPS) is 24.0. The van der Waals surface area contributed by atoms with Gasteiger partial charge in [-0.25, -0.2) is 4.39 Å². The first kappa shape index (κ1) is 22.3. The van der Waals surface area contributed by atoms with Gasteiger partial charge in [-0.15, -0.1) is 0 Å². The molecule has 0 spiro atoms. The number of aliphatic hydroxyl groups excluding tert-OH is 1. The second-order valence-electron chi connectivity index (χ2n) is 8.92. The van der Waals surface area contributed by atoms with E-state index in [9.17, 15) is 14.3 Å². The van der Waals surface area contributed by atoms with Crippen molar-refractivity contribution in [3.8, 4) is 0 Å². The molecule has 3 atom stereocenters. The molecule has 0 aromatic heterocycles. The van der Waals surface area contributed by atoms with Gasteiger partial charge in [-0.2, -0.15) is 0 Å². The fourth-order valence-corrected chi connectivity index (χ4v) is 4.61. The maximum Gasteiger partial charge on any atom is 0.220 e. The predicted octanol–water partition coefficient (Wildman–Crippen LogP) is 4.68. The summed E-state index contributed by atoms with van der Waals surface area (Å²) in [5.74, 6) is -0.797. The molecule has 1 aliphatic heterocycles. The van der Waals surface area contributed by atoms with E-state index < -0.39 is 20.2 Å². The number of hydrogen-bond donors (Lipinski definition) is 2. The minimum Gasteiger partial charge on any atom is -0.417 e. The summed E-state index contributed by atoms with van der Waals surface area (Å²) in [5, 5.41) is 13.4. The number of piperidine rings is 1. The van der Waals surface area contributed by atoms with E-state index in [2.05, 4.69) is 39.2 Å². The molecule has 1 amide bonds. The molecule has 1 heterocycles. The van der Waals surface area contributed by atoms with E-state index in [1.807, 2.05) is 0 Å². The van der Waals surface area contributed by atoms with Crippen molar-refractivity contribution in [2.75, 3.05) is 13.2 Å². The molecule has 0 bridgehead atoms. The summed E-state index contributed by atoms with van der Waals surface area (Å²) in [6.07, 6.45) is 1.00. The number of aliphatic hydroxyl groups is 1. The molecule has 1 aromatic rings. The number of carbonyl (C=O) groups excluding carboxylic acids is 1. The van der Waals surface area contributed by atoms with Gasteiger partial charge in [-0.1, -0.05) is 32.4 Å². The fourth-order valence-electron chi connectivity index (χ4n) is 3.31. The van der Waals surface area contributed by atoms with Crippen LogP contribution in [0, 0.1) is 17.7 Å². The molecule has 7 heteroatoms. The summed E-state index contributed by atoms with van der Waals surface area (Å²) >= 11 is 6.24. The highest BCUT2D eigenvalue weighted by Gasteiger charge is 2.40. The van der Waals surface area contributed by atoms with Gasteiger partial charge in [0.15, 0.2) is 8.32 Å². The lowest BCUT2D eigenvalue weighted by atomic mass is 9.76. The Balaban J connectivity index is 2.15. The molecule has 1 aliphatic rings. The predicted molar refractivity (Wildman–Crippen MR) is 109 cm³/mol. The van der Waals surface area contributed by atoms with Crippen LogP contribution >= 0.6 is 11.6 Å². The Bertz CT molecular complexity index is 678. The Kier molecular flexibility index (Phi) is 7.11. The number of nitrogens with one attached hydrogen (secondary N) is 1. The van der Waals surface area contributed by atoms with Crippen molar-refractivity contribution in [1.82, 2.24) is 5.32 Å². The van der Waals surface area contributed by atoms with Gasteiger partial charge in [0.25, 0.3) is 0 Å². The van der Waals surface area contributed by atoms with Crippen LogP contribution in [0.1, 0.15) is 45.2 Å². The summed E-state index contributed by atoms with van der Waals surface area (Å²) in [7, 11) is -1.87. The van der Waals surface area contributed by atoms with Crippen LogP contribution in [0.2, 0.25) is 23.2 Å². The van der Waals surface area contributed by atoms with Gasteiger partial charge in [0.1, 0.15) is 5.82 Å². The van der Waals surface area contributed by atoms with Crippen LogP contribution in [0.3, 0.4) is 0 Å². The van der Waals surface area contributed by atoms with E-state index in [1.165, 1.54) is 18.2 Å². The van der Waals surface area contributed by atoms with Crippen molar-refractivity contribution in [2.45, 2.75) is 57.8 Å². The topological polar surface area (TPSA) is 58.6 Å². The van der Waals surface area contributed by atoms with Gasteiger partial charge < -0.3 is 14.8 Å². The van der Waals surface area contributed by atoms with Crippen LogP contribution in [0.5, 0.6) is 0 Å². The van der Waals surface area contributed by atoms with Crippen LogP contribution in [-0.2, 0) is 9.22 Å². The summed E-state index contributed by atoms with van der Waals surface area (Å²) in [4.78, 5) is 12.3. The first-order valence-corrected chi connectivity index (χ1v) is 12.7. The van der Waals surface area contributed by atoms with E-state index in [0.717, 1.165) is 0 Å². The van der Waals surface area contributed by atoms with Crippen LogP contribution in [-0.4, -0.2) is 32.5 Å². The molecular weight excluding hydrogens is 385 g/mol. The van der Waals surface area contributed by atoms with E-state index in [-0.39, 0.29) is 29.4 Å². The molecule has 1 aromatic carbocycles. The number of benzene rings is 1. The Morgan fingerprint density at radius 2 is 2.04 bits per heavy atom. The lowest BCUT2D eigenvalue weighted by Crippen LogP contribution is -2.46. The second kappa shape index (κ2) is 8.60. The molecule has 152 valence electrons. The average molecular weight is 416 g/mol. The van der Waals surface area contributed by atoms with Crippen molar-refractivity contribution in [2.24, 2.45) is 11.8 Å². The number of carbonyl (C=O) groups is 1. The zero-order valence-corrected chi connectivity index (χ0v) is 18.6. The van der Waals surface area contributed by atoms with Crippen molar-refractivity contribution in [3.63, 3.8) is 0 Å². The van der Waals surface area contributed by atoms with Crippen molar-refractivity contribution in [3.05, 3.63) is 34.6 Å². The average Bonchev–Trinajstić information content (AvgIpc) is 2.55. The molecule has 1 saturated heterocycles. The number of rotatable bonds is 6. The third kappa shape index (κ3) is 5.31. The van der Waals surface area contributed by atoms with Crippen LogP contribution in [0.15, 0.2) is 18.2 Å². The Morgan fingerprint density at radius 1 is 1.37 bits per heavy atom. The molecule has 0 aliphatic carbocycles. The zero-order chi connectivity index (χ0) is 20.4.